The predicted octanol–water partition coefficient (Wildman–Crippen LogP) is 3.28. The molecule has 3 heterocycles. The highest BCUT2D eigenvalue weighted by Gasteiger charge is 2.11. The van der Waals surface area contributed by atoms with Crippen LogP contribution in [0.15, 0.2) is 40.9 Å². The van der Waals surface area contributed by atoms with Gasteiger partial charge in [-0.3, -0.25) is 4.79 Å². The molecule has 8 nitrogen and oxygen atoms in total. The number of nitrogens with one attached hydrogen (secondary N) is 1. The molecule has 3 aromatic heterocycles. The molecule has 0 unspecified atom stereocenters. The molecule has 0 bridgehead atoms. The lowest BCUT2D eigenvalue weighted by atomic mass is 10.1. The second-order valence-corrected chi connectivity index (χ2v) is 6.66. The fourth-order valence-electron chi connectivity index (χ4n) is 3.10. The summed E-state index contributed by atoms with van der Waals surface area (Å²) in [5.41, 5.74) is 5.05. The van der Waals surface area contributed by atoms with E-state index in [1.165, 1.54) is 0 Å². The van der Waals surface area contributed by atoms with Gasteiger partial charge in [0.05, 0.1) is 11.4 Å². The van der Waals surface area contributed by atoms with Crippen molar-refractivity contribution >= 4 is 17.2 Å². The number of nitrogens with zero attached hydrogens (tertiary/aromatic N) is 5. The van der Waals surface area contributed by atoms with Gasteiger partial charge < -0.3 is 9.84 Å². The van der Waals surface area contributed by atoms with Crippen LogP contribution < -0.4 is 5.32 Å². The number of fused-ring (bicyclic) bond motifs is 1. The van der Waals surface area contributed by atoms with Crippen molar-refractivity contribution in [3.8, 4) is 11.3 Å². The third kappa shape index (κ3) is 3.48. The van der Waals surface area contributed by atoms with E-state index >= 15 is 0 Å². The molecule has 0 saturated heterocycles. The summed E-state index contributed by atoms with van der Waals surface area (Å²) in [6.07, 6.45) is 0.975. The number of rotatable bonds is 5. The van der Waals surface area contributed by atoms with E-state index in [0.29, 0.717) is 18.5 Å². The average Bonchev–Trinajstić information content (AvgIpc) is 3.22. The molecule has 28 heavy (non-hydrogen) atoms. The number of amides is 1. The molecule has 4 aromatic rings. The largest absolute Gasteiger partial charge is 0.361 e. The Balaban J connectivity index is 1.42. The number of carbonyl (C=O) groups excluding carboxylic acids is 1. The van der Waals surface area contributed by atoms with Gasteiger partial charge in [0.1, 0.15) is 5.76 Å². The van der Waals surface area contributed by atoms with E-state index in [-0.39, 0.29) is 5.91 Å². The van der Waals surface area contributed by atoms with Crippen LogP contribution in [0.1, 0.15) is 29.3 Å². The zero-order chi connectivity index (χ0) is 19.7. The normalized spacial score (nSPS) is 11.1. The third-order valence-corrected chi connectivity index (χ3v) is 4.67. The standard InChI is InChI=1S/C20H20N6O2/c1-12-17(13(2)28-25-12)8-11-20(27)21-16-6-4-15(5-7-16)18-9-10-19-23-22-14(3)26(19)24-18/h4-7,9-10H,8,11H2,1-3H3,(H,21,27). The number of anilines is 1. The average molecular weight is 376 g/mol. The molecule has 4 rings (SSSR count). The van der Waals surface area contributed by atoms with Gasteiger partial charge in [-0.1, -0.05) is 17.3 Å². The number of aryl methyl sites for hydroxylation is 3. The highest BCUT2D eigenvalue weighted by atomic mass is 16.5. The number of hydrogen-bond donors (Lipinski definition) is 1. The summed E-state index contributed by atoms with van der Waals surface area (Å²) in [5.74, 6) is 1.45. The van der Waals surface area contributed by atoms with E-state index in [1.807, 2.05) is 57.2 Å². The lowest BCUT2D eigenvalue weighted by Gasteiger charge is -2.07. The maximum absolute atomic E-state index is 12.2. The quantitative estimate of drug-likeness (QED) is 0.574. The van der Waals surface area contributed by atoms with Crippen LogP contribution >= 0.6 is 0 Å². The summed E-state index contributed by atoms with van der Waals surface area (Å²) < 4.78 is 6.84. The van der Waals surface area contributed by atoms with Crippen LogP contribution in [0, 0.1) is 20.8 Å². The maximum Gasteiger partial charge on any atom is 0.224 e. The van der Waals surface area contributed by atoms with Crippen LogP contribution in [0.3, 0.4) is 0 Å². The number of aromatic nitrogens is 5. The molecular weight excluding hydrogens is 356 g/mol. The smallest absolute Gasteiger partial charge is 0.224 e. The van der Waals surface area contributed by atoms with Gasteiger partial charge >= 0.3 is 0 Å². The van der Waals surface area contributed by atoms with Gasteiger partial charge in [0, 0.05) is 23.2 Å². The van der Waals surface area contributed by atoms with Crippen LogP contribution in [0.25, 0.3) is 16.9 Å². The highest BCUT2D eigenvalue weighted by Crippen LogP contribution is 2.20. The predicted molar refractivity (Wildman–Crippen MR) is 104 cm³/mol. The van der Waals surface area contributed by atoms with Crippen molar-refractivity contribution in [2.45, 2.75) is 33.6 Å². The second-order valence-electron chi connectivity index (χ2n) is 6.66. The first-order valence-electron chi connectivity index (χ1n) is 9.02. The van der Waals surface area contributed by atoms with Crippen molar-refractivity contribution in [2.75, 3.05) is 5.32 Å². The fourth-order valence-corrected chi connectivity index (χ4v) is 3.10. The number of benzene rings is 1. The first-order valence-corrected chi connectivity index (χ1v) is 9.02. The Bertz CT molecular complexity index is 1120. The molecule has 1 amide bonds. The van der Waals surface area contributed by atoms with Gasteiger partial charge in [-0.05, 0) is 51.5 Å². The Morgan fingerprint density at radius 3 is 2.57 bits per heavy atom. The minimum atomic E-state index is -0.0487. The van der Waals surface area contributed by atoms with Gasteiger partial charge in [0.2, 0.25) is 5.91 Å². The van der Waals surface area contributed by atoms with E-state index in [1.54, 1.807) is 4.52 Å². The summed E-state index contributed by atoms with van der Waals surface area (Å²) in [6, 6.07) is 11.4. The molecular formula is C20H20N6O2. The Morgan fingerprint density at radius 2 is 1.86 bits per heavy atom. The zero-order valence-corrected chi connectivity index (χ0v) is 15.9. The Labute approximate surface area is 161 Å². The van der Waals surface area contributed by atoms with Crippen LogP contribution in [0.2, 0.25) is 0 Å². The summed E-state index contributed by atoms with van der Waals surface area (Å²) in [7, 11) is 0. The van der Waals surface area contributed by atoms with E-state index in [4.69, 9.17) is 4.52 Å². The van der Waals surface area contributed by atoms with Crippen LogP contribution in [0.5, 0.6) is 0 Å². The van der Waals surface area contributed by atoms with E-state index in [0.717, 1.165) is 39.8 Å². The lowest BCUT2D eigenvalue weighted by Crippen LogP contribution is -2.12. The van der Waals surface area contributed by atoms with Crippen molar-refractivity contribution in [3.05, 3.63) is 59.2 Å². The van der Waals surface area contributed by atoms with Crippen molar-refractivity contribution in [1.29, 1.82) is 0 Å². The molecule has 0 saturated carbocycles. The molecule has 0 aliphatic carbocycles. The number of hydrogen-bond acceptors (Lipinski definition) is 6. The van der Waals surface area contributed by atoms with Gasteiger partial charge in [0.25, 0.3) is 0 Å². The fraction of sp³-hybridized carbons (Fsp3) is 0.250. The molecule has 0 spiro atoms. The van der Waals surface area contributed by atoms with Crippen molar-refractivity contribution in [3.63, 3.8) is 0 Å². The van der Waals surface area contributed by atoms with Gasteiger partial charge in [-0.25, -0.2) is 0 Å². The molecule has 0 radical (unpaired) electrons. The minimum absolute atomic E-state index is 0.0487. The molecule has 0 aliphatic rings. The molecule has 0 fully saturated rings. The summed E-state index contributed by atoms with van der Waals surface area (Å²) >= 11 is 0. The van der Waals surface area contributed by atoms with E-state index < -0.39 is 0 Å². The van der Waals surface area contributed by atoms with Gasteiger partial charge in [-0.2, -0.15) is 9.61 Å². The first-order chi connectivity index (χ1) is 13.5. The van der Waals surface area contributed by atoms with Crippen molar-refractivity contribution in [1.82, 2.24) is 25.0 Å². The molecule has 8 heteroatoms. The second kappa shape index (κ2) is 7.22. The Morgan fingerprint density at radius 1 is 1.07 bits per heavy atom. The SMILES string of the molecule is Cc1noc(C)c1CCC(=O)Nc1ccc(-c2ccc3nnc(C)n3n2)cc1. The monoisotopic (exact) mass is 376 g/mol. The first kappa shape index (κ1) is 17.8. The topological polar surface area (TPSA) is 98.2 Å². The van der Waals surface area contributed by atoms with Crippen LogP contribution in [-0.2, 0) is 11.2 Å². The summed E-state index contributed by atoms with van der Waals surface area (Å²) in [6.45, 7) is 5.60. The van der Waals surface area contributed by atoms with Crippen LogP contribution in [0.4, 0.5) is 5.69 Å². The number of carbonyl (C=O) groups is 1. The molecule has 1 aromatic carbocycles. The van der Waals surface area contributed by atoms with E-state index in [9.17, 15) is 4.79 Å². The third-order valence-electron chi connectivity index (χ3n) is 4.67. The molecule has 0 aliphatic heterocycles. The van der Waals surface area contributed by atoms with Crippen molar-refractivity contribution < 1.29 is 9.32 Å². The van der Waals surface area contributed by atoms with Gasteiger partial charge in [0.15, 0.2) is 11.5 Å². The maximum atomic E-state index is 12.2. The van der Waals surface area contributed by atoms with Crippen LogP contribution in [-0.4, -0.2) is 30.9 Å². The molecule has 1 N–H and O–H groups in total. The lowest BCUT2D eigenvalue weighted by molar-refractivity contribution is -0.116. The van der Waals surface area contributed by atoms with Gasteiger partial charge in [-0.15, -0.1) is 10.2 Å². The molecule has 142 valence electrons. The Kier molecular flexibility index (Phi) is 4.60. The summed E-state index contributed by atoms with van der Waals surface area (Å²) in [4.78, 5) is 12.2. The molecule has 0 atom stereocenters. The zero-order valence-electron chi connectivity index (χ0n) is 15.9. The Hall–Kier alpha value is -3.55. The highest BCUT2D eigenvalue weighted by molar-refractivity contribution is 5.91. The van der Waals surface area contributed by atoms with Crippen molar-refractivity contribution in [2.24, 2.45) is 0 Å². The summed E-state index contributed by atoms with van der Waals surface area (Å²) in [5, 5.41) is 19.5. The van der Waals surface area contributed by atoms with E-state index in [2.05, 4.69) is 25.8 Å². The minimum Gasteiger partial charge on any atom is -0.361 e.